The minimum absolute atomic E-state index is 0.196. The maximum atomic E-state index is 13.6. The summed E-state index contributed by atoms with van der Waals surface area (Å²) in [6.07, 6.45) is 3.21. The number of nitrogens with zero attached hydrogens (tertiary/aromatic N) is 4. The van der Waals surface area contributed by atoms with Gasteiger partial charge in [-0.3, -0.25) is 29.4 Å². The smallest absolute Gasteiger partial charge is 0.298 e. The van der Waals surface area contributed by atoms with Crippen molar-refractivity contribution in [2.24, 2.45) is 0 Å². The average molecular weight is 669 g/mol. The third-order valence-electron chi connectivity index (χ3n) is 10.4. The molecule has 0 radical (unpaired) electrons. The highest BCUT2D eigenvalue weighted by Crippen LogP contribution is 2.44. The fourth-order valence-electron chi connectivity index (χ4n) is 8.00. The number of amides is 3. The molecule has 0 bridgehead atoms. The normalized spacial score (nSPS) is 22.6. The van der Waals surface area contributed by atoms with Crippen LogP contribution >= 0.6 is 0 Å². The van der Waals surface area contributed by atoms with Crippen LogP contribution in [0.15, 0.2) is 52.9 Å². The molecule has 3 fully saturated rings. The van der Waals surface area contributed by atoms with E-state index in [-0.39, 0.29) is 35.5 Å². The van der Waals surface area contributed by atoms with Crippen molar-refractivity contribution in [3.63, 3.8) is 0 Å². The first-order chi connectivity index (χ1) is 23.1. The number of hydrogen-bond donors (Lipinski definition) is 2. The second kappa shape index (κ2) is 11.7. The lowest BCUT2D eigenvalue weighted by Crippen LogP contribution is -2.53. The standard InChI is InChI=1S/C36H37N5O6S/c1-36(2)19-23(42)14-17-40(36)48(46)20-21-6-10-30-27(18-21)37-35(47-30)39-15-12-22(13-16-39)24-7-8-28-32-25(24)4-3-5-26(32)34(45)41(28)29-9-11-31(43)38-33(29)44/h3-8,10,18,22,29,46H,9,11-17,19-20H2,1-2H3/p+1. The summed E-state index contributed by atoms with van der Waals surface area (Å²) in [7, 11) is 0. The Morgan fingerprint density at radius 1 is 1.00 bits per heavy atom. The Balaban J connectivity index is 0.973. The monoisotopic (exact) mass is 668 g/mol. The third kappa shape index (κ3) is 5.26. The number of oxazole rings is 1. The van der Waals surface area contributed by atoms with Crippen LogP contribution in [0.3, 0.4) is 0 Å². The van der Waals surface area contributed by atoms with Crippen LogP contribution in [0.5, 0.6) is 0 Å². The van der Waals surface area contributed by atoms with Gasteiger partial charge in [-0.25, -0.2) is 0 Å². The van der Waals surface area contributed by atoms with Gasteiger partial charge in [0, 0.05) is 48.9 Å². The zero-order chi connectivity index (χ0) is 33.3. The summed E-state index contributed by atoms with van der Waals surface area (Å²) in [5, 5.41) is 4.30. The molecular formula is C36H38N5O6S+. The predicted molar refractivity (Wildman–Crippen MR) is 184 cm³/mol. The highest BCUT2D eigenvalue weighted by Gasteiger charge is 2.45. The number of piperidine rings is 3. The van der Waals surface area contributed by atoms with E-state index >= 15 is 0 Å². The summed E-state index contributed by atoms with van der Waals surface area (Å²) in [6.45, 7) is 6.12. The minimum Gasteiger partial charge on any atom is -0.423 e. The van der Waals surface area contributed by atoms with Crippen LogP contribution in [0, 0.1) is 0 Å². The van der Waals surface area contributed by atoms with Gasteiger partial charge in [0.2, 0.25) is 23.2 Å². The summed E-state index contributed by atoms with van der Waals surface area (Å²) >= 11 is -1.01. The Bertz CT molecular complexity index is 2000. The number of benzene rings is 3. The van der Waals surface area contributed by atoms with Crippen molar-refractivity contribution in [2.45, 2.75) is 75.6 Å². The van der Waals surface area contributed by atoms with Gasteiger partial charge in [-0.05, 0) is 74.2 Å². The molecule has 0 spiro atoms. The molecule has 1 aromatic heterocycles. The van der Waals surface area contributed by atoms with Gasteiger partial charge in [-0.2, -0.15) is 9.54 Å². The van der Waals surface area contributed by atoms with Crippen LogP contribution in [0.1, 0.15) is 79.8 Å². The lowest BCUT2D eigenvalue weighted by Gasteiger charge is -2.36. The summed E-state index contributed by atoms with van der Waals surface area (Å²) in [4.78, 5) is 58.6. The molecule has 3 aromatic carbocycles. The fraction of sp³-hybridized carbons (Fsp3) is 0.417. The van der Waals surface area contributed by atoms with Gasteiger partial charge in [0.25, 0.3) is 11.9 Å². The molecule has 2 atom stereocenters. The summed E-state index contributed by atoms with van der Waals surface area (Å²) < 4.78 is 19.3. The number of hydrogen-bond acceptors (Lipinski definition) is 9. The van der Waals surface area contributed by atoms with Crippen molar-refractivity contribution in [3.8, 4) is 0 Å². The van der Waals surface area contributed by atoms with Gasteiger partial charge in [0.15, 0.2) is 11.3 Å². The lowest BCUT2D eigenvalue weighted by atomic mass is 9.85. The molecule has 2 unspecified atom stereocenters. The van der Waals surface area contributed by atoms with E-state index in [0.29, 0.717) is 48.7 Å². The molecule has 48 heavy (non-hydrogen) atoms. The number of nitrogens with one attached hydrogen (secondary N) is 1. The van der Waals surface area contributed by atoms with E-state index in [1.165, 1.54) is 5.56 Å². The number of anilines is 2. The average Bonchev–Trinajstić information content (AvgIpc) is 3.60. The van der Waals surface area contributed by atoms with E-state index in [4.69, 9.17) is 9.40 Å². The molecular weight excluding hydrogens is 630 g/mol. The number of carbonyl (C=O) groups is 4. The van der Waals surface area contributed by atoms with Crippen molar-refractivity contribution in [3.05, 3.63) is 65.2 Å². The molecule has 4 aliphatic heterocycles. The Labute approximate surface area is 280 Å². The van der Waals surface area contributed by atoms with Crippen LogP contribution in [-0.2, 0) is 31.5 Å². The number of imide groups is 1. The molecule has 4 aromatic rings. The van der Waals surface area contributed by atoms with E-state index in [2.05, 4.69) is 22.3 Å². The molecule has 8 rings (SSSR count). The number of rotatable bonds is 6. The van der Waals surface area contributed by atoms with E-state index in [1.807, 2.05) is 54.6 Å². The molecule has 3 saturated heterocycles. The zero-order valence-corrected chi connectivity index (χ0v) is 27.8. The molecule has 5 heterocycles. The van der Waals surface area contributed by atoms with E-state index < -0.39 is 23.3 Å². The largest absolute Gasteiger partial charge is 0.423 e. The van der Waals surface area contributed by atoms with Gasteiger partial charge in [-0.1, -0.05) is 28.6 Å². The van der Waals surface area contributed by atoms with E-state index in [9.17, 15) is 23.7 Å². The molecule has 3 amide bonds. The van der Waals surface area contributed by atoms with Crippen LogP contribution < -0.4 is 15.1 Å². The number of ketones is 1. The number of Topliss-reactive ketones (excluding diaryl/α,β-unsaturated/α-hetero) is 1. The van der Waals surface area contributed by atoms with Gasteiger partial charge in [0.1, 0.15) is 17.3 Å². The first-order valence-electron chi connectivity index (χ1n) is 16.6. The Hall–Kier alpha value is -4.26. The predicted octanol–water partition coefficient (Wildman–Crippen LogP) is 5.08. The summed E-state index contributed by atoms with van der Waals surface area (Å²) in [5.74, 6) is 0.0604. The van der Waals surface area contributed by atoms with Crippen molar-refractivity contribution in [1.29, 1.82) is 0 Å². The molecule has 11 nitrogen and oxygen atoms in total. The number of aromatic nitrogens is 1. The molecule has 0 saturated carbocycles. The molecule has 2 N–H and O–H groups in total. The Kier molecular flexibility index (Phi) is 7.57. The van der Waals surface area contributed by atoms with Gasteiger partial charge >= 0.3 is 0 Å². The zero-order valence-electron chi connectivity index (χ0n) is 27.0. The molecule has 0 aliphatic carbocycles. The van der Waals surface area contributed by atoms with Crippen molar-refractivity contribution < 1.29 is 28.1 Å². The summed E-state index contributed by atoms with van der Waals surface area (Å²) in [6, 6.07) is 15.6. The van der Waals surface area contributed by atoms with Crippen LogP contribution in [-0.4, -0.2) is 68.6 Å². The minimum atomic E-state index is -1.01. The van der Waals surface area contributed by atoms with E-state index in [0.717, 1.165) is 53.5 Å². The van der Waals surface area contributed by atoms with Crippen molar-refractivity contribution in [1.82, 2.24) is 14.6 Å². The van der Waals surface area contributed by atoms with Crippen LogP contribution in [0.25, 0.3) is 21.9 Å². The van der Waals surface area contributed by atoms with Gasteiger partial charge in [-0.15, -0.1) is 0 Å². The van der Waals surface area contributed by atoms with Crippen LogP contribution in [0.4, 0.5) is 11.7 Å². The molecule has 248 valence electrons. The number of carbonyl (C=O) groups excluding carboxylic acids is 4. The topological polar surface area (TPSA) is 136 Å². The maximum Gasteiger partial charge on any atom is 0.298 e. The fourth-order valence-corrected chi connectivity index (χ4v) is 9.57. The SMILES string of the molecule is CC1(C)CC(=O)CCN1[S+](O)Cc1ccc2oc(N3CCC(c4ccc5c6c(cccc46)C(=O)N5C4CCC(=O)NC4=O)CC3)nc2c1. The first-order valence-corrected chi connectivity index (χ1v) is 17.9. The highest BCUT2D eigenvalue weighted by molar-refractivity contribution is 7.88. The second-order valence-corrected chi connectivity index (χ2v) is 15.4. The van der Waals surface area contributed by atoms with Crippen LogP contribution in [0.2, 0.25) is 0 Å². The van der Waals surface area contributed by atoms with Crippen molar-refractivity contribution in [2.75, 3.05) is 29.4 Å². The Morgan fingerprint density at radius 2 is 1.81 bits per heavy atom. The molecule has 4 aliphatic rings. The number of fused-ring (bicyclic) bond motifs is 1. The third-order valence-corrected chi connectivity index (χ3v) is 12.2. The maximum absolute atomic E-state index is 13.6. The van der Waals surface area contributed by atoms with Crippen molar-refractivity contribution >= 4 is 68.4 Å². The summed E-state index contributed by atoms with van der Waals surface area (Å²) in [5.41, 5.74) is 4.58. The molecule has 12 heteroatoms. The quantitative estimate of drug-likeness (QED) is 0.213. The van der Waals surface area contributed by atoms with Gasteiger partial charge in [0.05, 0.1) is 17.8 Å². The van der Waals surface area contributed by atoms with Gasteiger partial charge < -0.3 is 9.32 Å². The Morgan fingerprint density at radius 3 is 2.58 bits per heavy atom. The highest BCUT2D eigenvalue weighted by atomic mass is 32.2. The second-order valence-electron chi connectivity index (χ2n) is 14.0. The lowest BCUT2D eigenvalue weighted by molar-refractivity contribution is -0.134. The van der Waals surface area contributed by atoms with E-state index in [1.54, 1.807) is 4.90 Å². The first kappa shape index (κ1) is 31.0.